The third kappa shape index (κ3) is 20.1. The normalized spacial score (nSPS) is 17.3. The van der Waals surface area contributed by atoms with Crippen molar-refractivity contribution in [3.63, 3.8) is 0 Å². The summed E-state index contributed by atoms with van der Waals surface area (Å²) in [5, 5.41) is 8.22. The molecule has 5 atom stereocenters. The number of allylic oxidation sites excluding steroid dienone is 1. The molecule has 1 rings (SSSR count). The van der Waals surface area contributed by atoms with Crippen molar-refractivity contribution in [1.29, 1.82) is 0 Å². The first-order valence-electron chi connectivity index (χ1n) is 17.4. The molecule has 0 aromatic heterocycles. The lowest BCUT2D eigenvalue weighted by molar-refractivity contribution is -0.143. The van der Waals surface area contributed by atoms with Crippen molar-refractivity contribution < 1.29 is 24.0 Å². The Kier molecular flexibility index (Phi) is 25.3. The van der Waals surface area contributed by atoms with Gasteiger partial charge in [0.05, 0.1) is 6.04 Å². The van der Waals surface area contributed by atoms with Crippen molar-refractivity contribution in [2.45, 2.75) is 140 Å². The van der Waals surface area contributed by atoms with Crippen LogP contribution in [0.25, 0.3) is 0 Å². The third-order valence-electron chi connectivity index (χ3n) is 7.56. The van der Waals surface area contributed by atoms with Gasteiger partial charge in [-0.05, 0) is 61.5 Å². The molecule has 0 spiro atoms. The number of Topliss-reactive ketones (excluding diaryl/α,β-unsaturated/α-hetero) is 1. The lowest BCUT2D eigenvalue weighted by atomic mass is 9.79. The predicted octanol–water partition coefficient (Wildman–Crippen LogP) is 5.68. The minimum atomic E-state index is -1.09. The number of primary amides is 1. The molecular formula is C37H72N6O5. The van der Waals surface area contributed by atoms with E-state index < -0.39 is 47.2 Å². The Morgan fingerprint density at radius 1 is 0.958 bits per heavy atom. The maximum absolute atomic E-state index is 13.9. The number of amides is 5. The molecule has 1 aliphatic rings. The first-order valence-corrected chi connectivity index (χ1v) is 17.4. The highest BCUT2D eigenvalue weighted by atomic mass is 16.2. The number of carbonyl (C=O) groups is 5. The topological polar surface area (TPSA) is 177 Å². The lowest BCUT2D eigenvalue weighted by Crippen LogP contribution is -2.60. The smallest absolute Gasteiger partial charge is 0.315 e. The van der Waals surface area contributed by atoms with Gasteiger partial charge in [-0.1, -0.05) is 108 Å². The molecule has 0 bridgehead atoms. The molecule has 7 N–H and O–H groups in total. The zero-order valence-corrected chi connectivity index (χ0v) is 32.6. The summed E-state index contributed by atoms with van der Waals surface area (Å²) in [7, 11) is 0. The number of hydrogen-bond acceptors (Lipinski definition) is 6. The summed E-state index contributed by atoms with van der Waals surface area (Å²) in [4.78, 5) is 66.0. The minimum absolute atomic E-state index is 0.0149. The molecule has 0 saturated carbocycles. The van der Waals surface area contributed by atoms with Gasteiger partial charge in [-0.25, -0.2) is 4.79 Å². The van der Waals surface area contributed by atoms with E-state index in [1.807, 2.05) is 41.5 Å². The Morgan fingerprint density at radius 3 is 1.79 bits per heavy atom. The number of urea groups is 1. The van der Waals surface area contributed by atoms with Gasteiger partial charge in [-0.15, -0.1) is 6.58 Å². The quantitative estimate of drug-likeness (QED) is 0.131. The van der Waals surface area contributed by atoms with Crippen LogP contribution < -0.4 is 27.4 Å². The fourth-order valence-electron chi connectivity index (χ4n) is 5.01. The second-order valence-electron chi connectivity index (χ2n) is 15.1. The molecular weight excluding hydrogens is 608 g/mol. The molecule has 3 unspecified atom stereocenters. The first kappa shape index (κ1) is 49.0. The molecule has 11 nitrogen and oxygen atoms in total. The molecule has 5 amide bonds. The summed E-state index contributed by atoms with van der Waals surface area (Å²) in [6, 6.07) is -3.22. The highest BCUT2D eigenvalue weighted by molar-refractivity contribution is 6.37. The molecule has 1 saturated heterocycles. The van der Waals surface area contributed by atoms with Crippen LogP contribution in [0.5, 0.6) is 0 Å². The van der Waals surface area contributed by atoms with Gasteiger partial charge >= 0.3 is 6.03 Å². The first-order chi connectivity index (χ1) is 22.0. The number of nitrogens with zero attached hydrogens (tertiary/aromatic N) is 1. The van der Waals surface area contributed by atoms with Crippen LogP contribution in [0.15, 0.2) is 25.4 Å². The highest BCUT2D eigenvalue weighted by Crippen LogP contribution is 2.38. The zero-order chi connectivity index (χ0) is 38.4. The largest absolute Gasteiger partial charge is 0.405 e. The molecule has 0 aromatic rings. The van der Waals surface area contributed by atoms with Crippen molar-refractivity contribution in [2.24, 2.45) is 40.1 Å². The molecule has 0 aliphatic carbocycles. The Hall–Kier alpha value is -3.37. The Bertz CT molecular complexity index is 990. The van der Waals surface area contributed by atoms with Crippen LogP contribution >= 0.6 is 0 Å². The van der Waals surface area contributed by atoms with Crippen LogP contribution in [0, 0.1) is 28.6 Å². The van der Waals surface area contributed by atoms with Gasteiger partial charge in [-0.2, -0.15) is 0 Å². The van der Waals surface area contributed by atoms with Crippen molar-refractivity contribution >= 4 is 29.5 Å². The molecule has 0 aromatic carbocycles. The van der Waals surface area contributed by atoms with Crippen LogP contribution in [-0.2, 0) is 19.2 Å². The third-order valence-corrected chi connectivity index (χ3v) is 7.56. The maximum Gasteiger partial charge on any atom is 0.315 e. The van der Waals surface area contributed by atoms with Crippen molar-refractivity contribution in [2.75, 3.05) is 13.1 Å². The fraction of sp³-hybridized carbons (Fsp3) is 0.757. The van der Waals surface area contributed by atoms with Gasteiger partial charge < -0.3 is 32.3 Å². The van der Waals surface area contributed by atoms with Gasteiger partial charge in [0.25, 0.3) is 5.91 Å². The minimum Gasteiger partial charge on any atom is -0.405 e. The molecule has 48 heavy (non-hydrogen) atoms. The van der Waals surface area contributed by atoms with E-state index in [4.69, 9.17) is 5.73 Å². The monoisotopic (exact) mass is 681 g/mol. The average Bonchev–Trinajstić information content (AvgIpc) is 3.41. The van der Waals surface area contributed by atoms with Crippen molar-refractivity contribution in [3.8, 4) is 0 Å². The summed E-state index contributed by atoms with van der Waals surface area (Å²) in [6.45, 7) is 33.2. The summed E-state index contributed by atoms with van der Waals surface area (Å²) in [5.74, 6) is -1.77. The summed E-state index contributed by atoms with van der Waals surface area (Å²) in [5.41, 5.74) is 9.12. The number of ketones is 1. The van der Waals surface area contributed by atoms with Gasteiger partial charge in [0, 0.05) is 13.1 Å². The van der Waals surface area contributed by atoms with E-state index in [1.54, 1.807) is 13.0 Å². The summed E-state index contributed by atoms with van der Waals surface area (Å²) >= 11 is 0. The Balaban J connectivity index is -0.00000178. The van der Waals surface area contributed by atoms with Crippen LogP contribution in [0.4, 0.5) is 4.79 Å². The van der Waals surface area contributed by atoms with E-state index >= 15 is 0 Å². The SMILES string of the molecule is C=CC.C=CN.CC(C)C.CCCC(CC)CC(NC(=O)[C@@H]1C[C@@H](C(C)(C)C)CN1C(=O)C(NC(=O)NCC)C(C)(C)C)C(=O)C(N)=O. The number of rotatable bonds is 12. The molecule has 1 fully saturated rings. The van der Waals surface area contributed by atoms with E-state index in [-0.39, 0.29) is 23.2 Å². The second-order valence-corrected chi connectivity index (χ2v) is 15.1. The fourth-order valence-corrected chi connectivity index (χ4v) is 5.01. The van der Waals surface area contributed by atoms with Crippen LogP contribution in [0.3, 0.4) is 0 Å². The lowest BCUT2D eigenvalue weighted by Gasteiger charge is -2.36. The highest BCUT2D eigenvalue weighted by Gasteiger charge is 2.48. The van der Waals surface area contributed by atoms with Gasteiger partial charge in [0.15, 0.2) is 0 Å². The molecule has 0 radical (unpaired) electrons. The van der Waals surface area contributed by atoms with E-state index in [0.29, 0.717) is 25.9 Å². The van der Waals surface area contributed by atoms with Crippen molar-refractivity contribution in [3.05, 3.63) is 25.4 Å². The van der Waals surface area contributed by atoms with Crippen LogP contribution in [0.2, 0.25) is 0 Å². The number of nitrogens with two attached hydrogens (primary N) is 2. The summed E-state index contributed by atoms with van der Waals surface area (Å²) in [6.07, 6.45) is 6.28. The molecule has 1 heterocycles. The molecule has 280 valence electrons. The van der Waals surface area contributed by atoms with Gasteiger partial charge in [0.1, 0.15) is 12.1 Å². The standard InChI is InChI=1S/C28H51N5O5.C4H10.C3H6.C2H5N/c1-10-13-17(11-2)14-19(21(34)23(29)35)31-24(36)20-15-18(27(4,5)6)16-33(20)25(37)22(28(7,8)9)32-26(38)30-12-3;1-4(2)3;1-3-2;1-2-3/h17-20,22H,10-16H2,1-9H3,(H2,29,35)(H,31,36)(H2,30,32,38);4H,1-3H3;3H,1H2,2H3;2H,1,3H2/t17?,18-,19?,20+,22?;;;/m1.../s1. The second kappa shape index (κ2) is 24.7. The van der Waals surface area contributed by atoms with Crippen LogP contribution in [-0.4, -0.2) is 65.7 Å². The summed E-state index contributed by atoms with van der Waals surface area (Å²) < 4.78 is 0. The van der Waals surface area contributed by atoms with E-state index in [2.05, 4.69) is 76.4 Å². The number of nitrogens with one attached hydrogen (secondary N) is 3. The number of carbonyl (C=O) groups excluding carboxylic acids is 5. The van der Waals surface area contributed by atoms with Gasteiger partial charge in [-0.3, -0.25) is 19.2 Å². The molecule has 11 heteroatoms. The Labute approximate surface area is 292 Å². The number of hydrogen-bond donors (Lipinski definition) is 5. The maximum atomic E-state index is 13.9. The average molecular weight is 681 g/mol. The predicted molar refractivity (Wildman–Crippen MR) is 199 cm³/mol. The van der Waals surface area contributed by atoms with E-state index in [1.165, 1.54) is 11.1 Å². The van der Waals surface area contributed by atoms with Gasteiger partial charge in [0.2, 0.25) is 17.6 Å². The van der Waals surface area contributed by atoms with Crippen LogP contribution in [0.1, 0.15) is 122 Å². The Morgan fingerprint density at radius 2 is 1.44 bits per heavy atom. The van der Waals surface area contributed by atoms with E-state index in [0.717, 1.165) is 25.2 Å². The zero-order valence-electron chi connectivity index (χ0n) is 32.6. The molecule has 1 aliphatic heterocycles. The van der Waals surface area contributed by atoms with E-state index in [9.17, 15) is 24.0 Å². The van der Waals surface area contributed by atoms with Crippen molar-refractivity contribution in [1.82, 2.24) is 20.9 Å². The number of likely N-dealkylation sites (tertiary alicyclic amines) is 1.